The minimum absolute atomic E-state index is 0.0353. The van der Waals surface area contributed by atoms with Crippen LogP contribution in [-0.2, 0) is 11.3 Å². The second-order valence-corrected chi connectivity index (χ2v) is 5.21. The van der Waals surface area contributed by atoms with Crippen LogP contribution in [0.5, 0.6) is 5.75 Å². The first-order valence-corrected chi connectivity index (χ1v) is 6.74. The molecule has 0 aromatic heterocycles. The molecule has 2 rings (SSSR count). The first-order chi connectivity index (χ1) is 9.10. The van der Waals surface area contributed by atoms with Gasteiger partial charge in [0.25, 0.3) is 0 Å². The van der Waals surface area contributed by atoms with E-state index in [9.17, 15) is 4.79 Å². The van der Waals surface area contributed by atoms with Crippen LogP contribution in [0.4, 0.5) is 0 Å². The lowest BCUT2D eigenvalue weighted by atomic mass is 10.1. The SMILES string of the molecule is COc1c(C)cc(C)cc1CNC(=O)CNC1CC1. The Bertz CT molecular complexity index is 467. The van der Waals surface area contributed by atoms with Gasteiger partial charge in [-0.05, 0) is 32.3 Å². The molecule has 4 heteroatoms. The standard InChI is InChI=1S/C15H22N2O2/c1-10-6-11(2)15(19-3)12(7-10)8-17-14(18)9-16-13-4-5-13/h6-7,13,16H,4-5,8-9H2,1-3H3,(H,17,18). The summed E-state index contributed by atoms with van der Waals surface area (Å²) in [7, 11) is 1.66. The quantitative estimate of drug-likeness (QED) is 0.820. The second-order valence-electron chi connectivity index (χ2n) is 5.21. The zero-order chi connectivity index (χ0) is 13.8. The fourth-order valence-electron chi connectivity index (χ4n) is 2.25. The fraction of sp³-hybridized carbons (Fsp3) is 0.533. The first kappa shape index (κ1) is 13.9. The van der Waals surface area contributed by atoms with Gasteiger partial charge in [-0.2, -0.15) is 0 Å². The fourth-order valence-corrected chi connectivity index (χ4v) is 2.25. The maximum absolute atomic E-state index is 11.7. The van der Waals surface area contributed by atoms with Crippen molar-refractivity contribution in [3.63, 3.8) is 0 Å². The topological polar surface area (TPSA) is 50.4 Å². The van der Waals surface area contributed by atoms with Gasteiger partial charge in [-0.25, -0.2) is 0 Å². The number of rotatable bonds is 6. The largest absolute Gasteiger partial charge is 0.496 e. The Labute approximate surface area is 114 Å². The molecule has 104 valence electrons. The summed E-state index contributed by atoms with van der Waals surface area (Å²) in [6, 6.07) is 4.70. The molecule has 0 bridgehead atoms. The van der Waals surface area contributed by atoms with Crippen molar-refractivity contribution >= 4 is 5.91 Å². The summed E-state index contributed by atoms with van der Waals surface area (Å²) < 4.78 is 5.40. The number of hydrogen-bond donors (Lipinski definition) is 2. The van der Waals surface area contributed by atoms with E-state index in [1.807, 2.05) is 13.8 Å². The van der Waals surface area contributed by atoms with Crippen molar-refractivity contribution in [3.05, 3.63) is 28.8 Å². The number of methoxy groups -OCH3 is 1. The molecule has 2 N–H and O–H groups in total. The molecule has 0 unspecified atom stereocenters. The molecule has 1 aliphatic carbocycles. The molecular weight excluding hydrogens is 240 g/mol. The molecule has 4 nitrogen and oxygen atoms in total. The smallest absolute Gasteiger partial charge is 0.234 e. The highest BCUT2D eigenvalue weighted by atomic mass is 16.5. The number of amides is 1. The predicted octanol–water partition coefficient (Wildman–Crippen LogP) is 1.68. The van der Waals surface area contributed by atoms with Crippen molar-refractivity contribution < 1.29 is 9.53 Å². The first-order valence-electron chi connectivity index (χ1n) is 6.74. The summed E-state index contributed by atoms with van der Waals surface area (Å²) in [6.45, 7) is 4.98. The molecule has 1 aromatic rings. The van der Waals surface area contributed by atoms with Crippen LogP contribution in [0, 0.1) is 13.8 Å². The molecule has 0 radical (unpaired) electrons. The molecule has 0 atom stereocenters. The molecule has 0 aliphatic heterocycles. The van der Waals surface area contributed by atoms with Crippen molar-refractivity contribution in [2.75, 3.05) is 13.7 Å². The van der Waals surface area contributed by atoms with Crippen LogP contribution in [0.2, 0.25) is 0 Å². The molecule has 1 saturated carbocycles. The number of hydrogen-bond acceptors (Lipinski definition) is 3. The van der Waals surface area contributed by atoms with Gasteiger partial charge in [-0.3, -0.25) is 4.79 Å². The van der Waals surface area contributed by atoms with E-state index in [1.54, 1.807) is 7.11 Å². The van der Waals surface area contributed by atoms with Gasteiger partial charge in [-0.1, -0.05) is 17.7 Å². The average Bonchev–Trinajstić information content (AvgIpc) is 3.17. The van der Waals surface area contributed by atoms with E-state index >= 15 is 0 Å². The van der Waals surface area contributed by atoms with E-state index in [-0.39, 0.29) is 5.91 Å². The third-order valence-corrected chi connectivity index (χ3v) is 3.30. The summed E-state index contributed by atoms with van der Waals surface area (Å²) in [6.07, 6.45) is 2.39. The molecule has 1 amide bonds. The van der Waals surface area contributed by atoms with Crippen LogP contribution < -0.4 is 15.4 Å². The molecule has 1 aromatic carbocycles. The molecule has 1 aliphatic rings. The Morgan fingerprint density at radius 2 is 2.11 bits per heavy atom. The number of carbonyl (C=O) groups is 1. The van der Waals surface area contributed by atoms with E-state index in [1.165, 1.54) is 18.4 Å². The van der Waals surface area contributed by atoms with Gasteiger partial charge in [0.05, 0.1) is 13.7 Å². The van der Waals surface area contributed by atoms with Crippen LogP contribution in [-0.4, -0.2) is 25.6 Å². The minimum atomic E-state index is 0.0353. The molecular formula is C15H22N2O2. The summed E-state index contributed by atoms with van der Waals surface area (Å²) in [4.78, 5) is 11.7. The van der Waals surface area contributed by atoms with Crippen molar-refractivity contribution in [2.24, 2.45) is 0 Å². The molecule has 19 heavy (non-hydrogen) atoms. The van der Waals surface area contributed by atoms with Crippen LogP contribution >= 0.6 is 0 Å². The summed E-state index contributed by atoms with van der Waals surface area (Å²) in [5, 5.41) is 6.13. The van der Waals surface area contributed by atoms with Gasteiger partial charge in [0.15, 0.2) is 0 Å². The third-order valence-electron chi connectivity index (χ3n) is 3.30. The van der Waals surface area contributed by atoms with Gasteiger partial charge < -0.3 is 15.4 Å². The van der Waals surface area contributed by atoms with E-state index in [0.29, 0.717) is 19.1 Å². The van der Waals surface area contributed by atoms with Crippen molar-refractivity contribution in [1.29, 1.82) is 0 Å². The Hall–Kier alpha value is -1.55. The van der Waals surface area contributed by atoms with E-state index < -0.39 is 0 Å². The van der Waals surface area contributed by atoms with Gasteiger partial charge in [0.2, 0.25) is 5.91 Å². The monoisotopic (exact) mass is 262 g/mol. The highest BCUT2D eigenvalue weighted by molar-refractivity contribution is 5.78. The Balaban J connectivity index is 1.92. The highest BCUT2D eigenvalue weighted by Crippen LogP contribution is 2.24. The van der Waals surface area contributed by atoms with Gasteiger partial charge >= 0.3 is 0 Å². The van der Waals surface area contributed by atoms with Crippen molar-refractivity contribution in [3.8, 4) is 5.75 Å². The van der Waals surface area contributed by atoms with E-state index in [2.05, 4.69) is 22.8 Å². The number of aryl methyl sites for hydroxylation is 2. The number of benzene rings is 1. The molecule has 0 heterocycles. The normalized spacial score (nSPS) is 14.3. The van der Waals surface area contributed by atoms with Gasteiger partial charge in [0.1, 0.15) is 5.75 Å². The minimum Gasteiger partial charge on any atom is -0.496 e. The van der Waals surface area contributed by atoms with Crippen LogP contribution in [0.3, 0.4) is 0 Å². The van der Waals surface area contributed by atoms with Crippen LogP contribution in [0.25, 0.3) is 0 Å². The Kier molecular flexibility index (Phi) is 4.43. The van der Waals surface area contributed by atoms with Gasteiger partial charge in [0, 0.05) is 18.2 Å². The predicted molar refractivity (Wildman–Crippen MR) is 75.3 cm³/mol. The van der Waals surface area contributed by atoms with Crippen molar-refractivity contribution in [1.82, 2.24) is 10.6 Å². The lowest BCUT2D eigenvalue weighted by molar-refractivity contribution is -0.120. The van der Waals surface area contributed by atoms with E-state index in [4.69, 9.17) is 4.74 Å². The number of nitrogens with one attached hydrogen (secondary N) is 2. The number of ether oxygens (including phenoxy) is 1. The van der Waals surface area contributed by atoms with Crippen LogP contribution in [0.15, 0.2) is 12.1 Å². The lowest BCUT2D eigenvalue weighted by Crippen LogP contribution is -2.34. The van der Waals surface area contributed by atoms with Crippen LogP contribution in [0.1, 0.15) is 29.5 Å². The Morgan fingerprint density at radius 1 is 1.37 bits per heavy atom. The average molecular weight is 262 g/mol. The third kappa shape index (κ3) is 3.96. The summed E-state index contributed by atoms with van der Waals surface area (Å²) >= 11 is 0. The highest BCUT2D eigenvalue weighted by Gasteiger charge is 2.21. The number of carbonyl (C=O) groups excluding carboxylic acids is 1. The Morgan fingerprint density at radius 3 is 2.74 bits per heavy atom. The second kappa shape index (κ2) is 6.06. The van der Waals surface area contributed by atoms with E-state index in [0.717, 1.165) is 16.9 Å². The van der Waals surface area contributed by atoms with Crippen molar-refractivity contribution in [2.45, 2.75) is 39.3 Å². The zero-order valence-electron chi connectivity index (χ0n) is 11.9. The summed E-state index contributed by atoms with van der Waals surface area (Å²) in [5.41, 5.74) is 3.31. The maximum atomic E-state index is 11.7. The zero-order valence-corrected chi connectivity index (χ0v) is 11.9. The molecule has 0 spiro atoms. The molecule has 0 saturated heterocycles. The lowest BCUT2D eigenvalue weighted by Gasteiger charge is -2.13. The summed E-state index contributed by atoms with van der Waals surface area (Å²) in [5.74, 6) is 0.897. The maximum Gasteiger partial charge on any atom is 0.234 e. The van der Waals surface area contributed by atoms with Gasteiger partial charge in [-0.15, -0.1) is 0 Å². The molecule has 1 fully saturated rings.